The van der Waals surface area contributed by atoms with Crippen molar-refractivity contribution in [3.8, 4) is 0 Å². The Morgan fingerprint density at radius 1 is 1.18 bits per heavy atom. The third-order valence-corrected chi connectivity index (χ3v) is 4.97. The standard InChI is InChI=1S/C16H20N2O8S2/c1-7(19)23-6-10-12(24-8(2)20)13(25-9(3)21)15(26-10)18-5-11(28-4)14(27)17-16(18)22/h5,10,12-13,15H,6H2,1-4H3,(H,17,22,27)/t10-,12-,13+,15-/m1/s1. The lowest BCUT2D eigenvalue weighted by molar-refractivity contribution is -0.166. The number of hydrogen-bond donors (Lipinski definition) is 1. The van der Waals surface area contributed by atoms with Crippen molar-refractivity contribution in [2.45, 2.75) is 50.2 Å². The zero-order valence-corrected chi connectivity index (χ0v) is 17.3. The maximum atomic E-state index is 12.4. The van der Waals surface area contributed by atoms with Gasteiger partial charge < -0.3 is 18.9 Å². The van der Waals surface area contributed by atoms with Crippen molar-refractivity contribution >= 4 is 41.9 Å². The fourth-order valence-electron chi connectivity index (χ4n) is 2.72. The van der Waals surface area contributed by atoms with Crippen LogP contribution in [-0.4, -0.2) is 58.6 Å². The predicted octanol–water partition coefficient (Wildman–Crippen LogP) is 0.952. The average Bonchev–Trinajstić information content (AvgIpc) is 2.89. The highest BCUT2D eigenvalue weighted by atomic mass is 32.2. The predicted molar refractivity (Wildman–Crippen MR) is 99.3 cm³/mol. The zero-order chi connectivity index (χ0) is 21.0. The summed E-state index contributed by atoms with van der Waals surface area (Å²) < 4.78 is 22.7. The normalized spacial score (nSPS) is 23.9. The summed E-state index contributed by atoms with van der Waals surface area (Å²) in [6, 6.07) is 0. The summed E-state index contributed by atoms with van der Waals surface area (Å²) >= 11 is 6.41. The first-order chi connectivity index (χ1) is 13.1. The van der Waals surface area contributed by atoms with Gasteiger partial charge in [-0.3, -0.25) is 23.9 Å². The molecule has 28 heavy (non-hydrogen) atoms. The van der Waals surface area contributed by atoms with Crippen molar-refractivity contribution < 1.29 is 33.3 Å². The molecule has 1 fully saturated rings. The maximum absolute atomic E-state index is 12.4. The number of rotatable bonds is 6. The van der Waals surface area contributed by atoms with Crippen LogP contribution in [0.25, 0.3) is 0 Å². The van der Waals surface area contributed by atoms with Crippen LogP contribution in [0.4, 0.5) is 0 Å². The lowest BCUT2D eigenvalue weighted by Crippen LogP contribution is -2.41. The number of hydrogen-bond acceptors (Lipinski definition) is 10. The van der Waals surface area contributed by atoms with Crippen LogP contribution in [0, 0.1) is 4.64 Å². The van der Waals surface area contributed by atoms with E-state index in [-0.39, 0.29) is 11.2 Å². The fraction of sp³-hybridized carbons (Fsp3) is 0.562. The van der Waals surface area contributed by atoms with Gasteiger partial charge in [-0.05, 0) is 6.26 Å². The van der Waals surface area contributed by atoms with E-state index in [1.807, 2.05) is 0 Å². The molecule has 154 valence electrons. The van der Waals surface area contributed by atoms with Crippen molar-refractivity contribution in [2.75, 3.05) is 12.9 Å². The van der Waals surface area contributed by atoms with E-state index in [0.29, 0.717) is 4.90 Å². The molecule has 0 bridgehead atoms. The van der Waals surface area contributed by atoms with Crippen molar-refractivity contribution in [3.05, 3.63) is 21.3 Å². The minimum absolute atomic E-state index is 0.254. The first kappa shape index (κ1) is 22.1. The number of nitrogens with zero attached hydrogens (tertiary/aromatic N) is 1. The van der Waals surface area contributed by atoms with E-state index in [0.717, 1.165) is 0 Å². The first-order valence-corrected chi connectivity index (χ1v) is 9.80. The van der Waals surface area contributed by atoms with Crippen LogP contribution in [0.5, 0.6) is 0 Å². The van der Waals surface area contributed by atoms with Crippen molar-refractivity contribution in [3.63, 3.8) is 0 Å². The minimum Gasteiger partial charge on any atom is -0.463 e. The molecule has 12 heteroatoms. The highest BCUT2D eigenvalue weighted by molar-refractivity contribution is 7.98. The molecular weight excluding hydrogens is 412 g/mol. The lowest BCUT2D eigenvalue weighted by Gasteiger charge is -2.24. The molecule has 4 atom stereocenters. The molecule has 1 aromatic heterocycles. The van der Waals surface area contributed by atoms with Gasteiger partial charge in [0.1, 0.15) is 17.4 Å². The van der Waals surface area contributed by atoms with Gasteiger partial charge in [-0.2, -0.15) is 0 Å². The van der Waals surface area contributed by atoms with Gasteiger partial charge in [0, 0.05) is 27.0 Å². The molecule has 0 unspecified atom stereocenters. The van der Waals surface area contributed by atoms with E-state index in [9.17, 15) is 19.2 Å². The van der Waals surface area contributed by atoms with Crippen molar-refractivity contribution in [2.24, 2.45) is 0 Å². The highest BCUT2D eigenvalue weighted by Crippen LogP contribution is 2.34. The molecule has 1 aliphatic heterocycles. The molecule has 0 aliphatic carbocycles. The summed E-state index contributed by atoms with van der Waals surface area (Å²) in [5, 5.41) is 0. The lowest BCUT2D eigenvalue weighted by atomic mass is 10.1. The van der Waals surface area contributed by atoms with Crippen LogP contribution >= 0.6 is 24.0 Å². The largest absolute Gasteiger partial charge is 0.463 e. The second-order valence-corrected chi connectivity index (χ2v) is 7.14. The molecule has 1 N–H and O–H groups in total. The van der Waals surface area contributed by atoms with Crippen LogP contribution < -0.4 is 5.69 Å². The van der Waals surface area contributed by atoms with E-state index in [2.05, 4.69) is 4.98 Å². The number of carbonyl (C=O) groups excluding carboxylic acids is 3. The van der Waals surface area contributed by atoms with E-state index in [1.54, 1.807) is 6.26 Å². The Hall–Kier alpha value is -2.18. The number of nitrogens with one attached hydrogen (secondary N) is 1. The molecule has 1 aliphatic rings. The van der Waals surface area contributed by atoms with Crippen molar-refractivity contribution in [1.29, 1.82) is 0 Å². The Bertz CT molecular complexity index is 880. The van der Waals surface area contributed by atoms with Gasteiger partial charge in [-0.1, -0.05) is 12.2 Å². The molecule has 0 amide bonds. The quantitative estimate of drug-likeness (QED) is 0.300. The number of aromatic amines is 1. The summed E-state index contributed by atoms with van der Waals surface area (Å²) in [5.74, 6) is -1.88. The van der Waals surface area contributed by atoms with Gasteiger partial charge in [-0.25, -0.2) is 4.79 Å². The Balaban J connectivity index is 2.49. The number of aromatic nitrogens is 2. The van der Waals surface area contributed by atoms with E-state index in [1.165, 1.54) is 43.3 Å². The summed E-state index contributed by atoms with van der Waals surface area (Å²) in [6.07, 6.45) is -1.06. The molecule has 1 saturated heterocycles. The molecule has 2 rings (SSSR count). The minimum atomic E-state index is -1.14. The second kappa shape index (κ2) is 9.34. The zero-order valence-electron chi connectivity index (χ0n) is 15.6. The van der Waals surface area contributed by atoms with Gasteiger partial charge in [0.15, 0.2) is 18.4 Å². The number of carbonyl (C=O) groups is 3. The van der Waals surface area contributed by atoms with E-state index < -0.39 is 48.1 Å². The second-order valence-electron chi connectivity index (χ2n) is 5.88. The third-order valence-electron chi connectivity index (χ3n) is 3.77. The summed E-state index contributed by atoms with van der Waals surface area (Å²) in [7, 11) is 0. The molecule has 2 heterocycles. The number of esters is 3. The summed E-state index contributed by atoms with van der Waals surface area (Å²) in [6.45, 7) is 3.31. The Kier molecular flexibility index (Phi) is 7.38. The molecule has 0 saturated carbocycles. The van der Waals surface area contributed by atoms with E-state index >= 15 is 0 Å². The highest BCUT2D eigenvalue weighted by Gasteiger charge is 2.50. The molecule has 1 aromatic rings. The Labute approximate surface area is 169 Å². The SMILES string of the molecule is CSc1cn([C@@H]2O[C@H](COC(C)=O)[C@@H](OC(C)=O)[C@@H]2OC(C)=O)c(=O)[nH]c1=S. The number of thioether (sulfide) groups is 1. The van der Waals surface area contributed by atoms with E-state index in [4.69, 9.17) is 31.2 Å². The topological polar surface area (TPSA) is 126 Å². The first-order valence-electron chi connectivity index (χ1n) is 8.16. The Morgan fingerprint density at radius 3 is 2.32 bits per heavy atom. The van der Waals surface area contributed by atoms with Gasteiger partial charge in [0.2, 0.25) is 0 Å². The third kappa shape index (κ3) is 5.20. The van der Waals surface area contributed by atoms with Gasteiger partial charge >= 0.3 is 23.6 Å². The van der Waals surface area contributed by atoms with Gasteiger partial charge in [0.25, 0.3) is 0 Å². The monoisotopic (exact) mass is 432 g/mol. The smallest absolute Gasteiger partial charge is 0.328 e. The Morgan fingerprint density at radius 2 is 1.79 bits per heavy atom. The van der Waals surface area contributed by atoms with Crippen LogP contribution in [0.3, 0.4) is 0 Å². The van der Waals surface area contributed by atoms with Crippen molar-refractivity contribution in [1.82, 2.24) is 9.55 Å². The summed E-state index contributed by atoms with van der Waals surface area (Å²) in [5.41, 5.74) is -0.598. The fourth-order valence-corrected chi connectivity index (χ4v) is 3.56. The number of ether oxygens (including phenoxy) is 4. The maximum Gasteiger partial charge on any atom is 0.328 e. The van der Waals surface area contributed by atoms with Gasteiger partial charge in [-0.15, -0.1) is 11.8 Å². The molecule has 0 radical (unpaired) electrons. The summed E-state index contributed by atoms with van der Waals surface area (Å²) in [4.78, 5) is 49.9. The van der Waals surface area contributed by atoms with Crippen LogP contribution in [0.2, 0.25) is 0 Å². The molecule has 10 nitrogen and oxygen atoms in total. The van der Waals surface area contributed by atoms with Gasteiger partial charge in [0.05, 0.1) is 4.90 Å². The van der Waals surface area contributed by atoms with Crippen LogP contribution in [0.15, 0.2) is 15.9 Å². The molecule has 0 aromatic carbocycles. The van der Waals surface area contributed by atoms with Crippen LogP contribution in [-0.2, 0) is 33.3 Å². The molecule has 0 spiro atoms. The number of H-pyrrole nitrogens is 1. The molecular formula is C16H20N2O8S2. The average molecular weight is 432 g/mol. The van der Waals surface area contributed by atoms with Crippen LogP contribution in [0.1, 0.15) is 27.0 Å².